The van der Waals surface area contributed by atoms with Gasteiger partial charge < -0.3 is 0 Å². The summed E-state index contributed by atoms with van der Waals surface area (Å²) in [6.45, 7) is 5.55. The zero-order chi connectivity index (χ0) is 8.81. The fourth-order valence-electron chi connectivity index (χ4n) is 0.832. The van der Waals surface area contributed by atoms with Gasteiger partial charge in [-0.3, -0.25) is 4.57 Å². The average molecular weight is 161 g/mol. The van der Waals surface area contributed by atoms with E-state index in [1.165, 1.54) is 0 Å². The van der Waals surface area contributed by atoms with Crippen LogP contribution in [0.15, 0.2) is 43.5 Å². The Morgan fingerprint density at radius 1 is 1.42 bits per heavy atom. The molecule has 0 unspecified atom stereocenters. The lowest BCUT2D eigenvalue weighted by molar-refractivity contribution is 1.09. The Morgan fingerprint density at radius 2 is 2.08 bits per heavy atom. The molecular weight excluding hydrogens is 150 g/mol. The molecule has 0 saturated heterocycles. The third-order valence-corrected chi connectivity index (χ3v) is 1.42. The lowest BCUT2D eigenvalue weighted by Gasteiger charge is -1.98. The van der Waals surface area contributed by atoms with Crippen LogP contribution in [0.5, 0.6) is 0 Å². The topological polar surface area (TPSA) is 30.7 Å². The quantitative estimate of drug-likeness (QED) is 0.634. The Labute approximate surface area is 71.7 Å². The Hall–Kier alpha value is -1.64. The molecule has 0 saturated carbocycles. The van der Waals surface area contributed by atoms with Gasteiger partial charge in [-0.2, -0.15) is 0 Å². The molecule has 3 heteroatoms. The van der Waals surface area contributed by atoms with Crippen LogP contribution in [0.1, 0.15) is 6.92 Å². The van der Waals surface area contributed by atoms with Gasteiger partial charge in [0.05, 0.1) is 0 Å². The Balaban J connectivity index is 2.85. The maximum atomic E-state index is 3.71. The fourth-order valence-corrected chi connectivity index (χ4v) is 0.832. The fraction of sp³-hybridized carbons (Fsp3) is 0.111. The first kappa shape index (κ1) is 8.46. The van der Waals surface area contributed by atoms with Gasteiger partial charge in [-0.25, -0.2) is 0 Å². The molecule has 0 atom stereocenters. The van der Waals surface area contributed by atoms with Gasteiger partial charge in [0.1, 0.15) is 12.7 Å². The van der Waals surface area contributed by atoms with Crippen LogP contribution in [0.25, 0.3) is 5.70 Å². The van der Waals surface area contributed by atoms with Crippen molar-refractivity contribution in [3.05, 3.63) is 43.5 Å². The van der Waals surface area contributed by atoms with Crippen LogP contribution < -0.4 is 0 Å². The van der Waals surface area contributed by atoms with E-state index in [1.807, 2.05) is 29.7 Å². The minimum atomic E-state index is 1.03. The van der Waals surface area contributed by atoms with Crippen molar-refractivity contribution >= 4 is 5.70 Å². The first-order valence-electron chi connectivity index (χ1n) is 3.69. The van der Waals surface area contributed by atoms with E-state index in [0.717, 1.165) is 5.70 Å². The van der Waals surface area contributed by atoms with Gasteiger partial charge in [0.15, 0.2) is 0 Å². The van der Waals surface area contributed by atoms with Gasteiger partial charge >= 0.3 is 0 Å². The minimum absolute atomic E-state index is 1.03. The molecule has 0 spiro atoms. The van der Waals surface area contributed by atoms with Crippen molar-refractivity contribution in [3.8, 4) is 0 Å². The molecule has 0 aliphatic heterocycles. The van der Waals surface area contributed by atoms with Crippen molar-refractivity contribution in [1.29, 1.82) is 0 Å². The van der Waals surface area contributed by atoms with Crippen molar-refractivity contribution in [3.63, 3.8) is 0 Å². The first-order chi connectivity index (χ1) is 5.88. The van der Waals surface area contributed by atoms with Crippen LogP contribution in [-0.2, 0) is 0 Å². The molecule has 0 aliphatic carbocycles. The summed E-state index contributed by atoms with van der Waals surface area (Å²) in [6, 6.07) is 0. The maximum absolute atomic E-state index is 3.71. The van der Waals surface area contributed by atoms with Gasteiger partial charge in [0.25, 0.3) is 0 Å². The summed E-state index contributed by atoms with van der Waals surface area (Å²) < 4.78 is 1.83. The van der Waals surface area contributed by atoms with Crippen molar-refractivity contribution in [2.45, 2.75) is 6.92 Å². The molecule has 62 valence electrons. The highest BCUT2D eigenvalue weighted by atomic mass is 15.2. The van der Waals surface area contributed by atoms with Crippen LogP contribution in [-0.4, -0.2) is 14.8 Å². The highest BCUT2D eigenvalue weighted by Crippen LogP contribution is 2.03. The van der Waals surface area contributed by atoms with E-state index in [4.69, 9.17) is 0 Å². The largest absolute Gasteiger partial charge is 0.289 e. The van der Waals surface area contributed by atoms with E-state index in [2.05, 4.69) is 16.8 Å². The highest BCUT2D eigenvalue weighted by molar-refractivity contribution is 5.56. The standard InChI is InChI=1S/C9H11N3/c1-3-5-6-9(4-2)12-7-10-11-8-12/h3-8H,1H2,2H3/b6-5-,9-4+. The van der Waals surface area contributed by atoms with E-state index in [9.17, 15) is 0 Å². The van der Waals surface area contributed by atoms with Gasteiger partial charge in [-0.15, -0.1) is 10.2 Å². The first-order valence-corrected chi connectivity index (χ1v) is 3.69. The van der Waals surface area contributed by atoms with E-state index in [-0.39, 0.29) is 0 Å². The second-order valence-electron chi connectivity index (χ2n) is 2.18. The molecule has 0 aromatic carbocycles. The molecule has 0 amide bonds. The number of aromatic nitrogens is 3. The monoisotopic (exact) mass is 161 g/mol. The predicted octanol–water partition coefficient (Wildman–Crippen LogP) is 1.88. The van der Waals surface area contributed by atoms with Crippen LogP contribution >= 0.6 is 0 Å². The van der Waals surface area contributed by atoms with Gasteiger partial charge in [-0.1, -0.05) is 24.8 Å². The van der Waals surface area contributed by atoms with Crippen LogP contribution in [0.2, 0.25) is 0 Å². The normalized spacial score (nSPS) is 12.2. The lowest BCUT2D eigenvalue weighted by atomic mass is 10.3. The summed E-state index contributed by atoms with van der Waals surface area (Å²) in [5, 5.41) is 7.42. The summed E-state index contributed by atoms with van der Waals surface area (Å²) in [7, 11) is 0. The predicted molar refractivity (Wildman–Crippen MR) is 49.3 cm³/mol. The summed E-state index contributed by atoms with van der Waals surface area (Å²) in [5.74, 6) is 0. The number of hydrogen-bond donors (Lipinski definition) is 0. The molecule has 1 rings (SSSR count). The molecule has 0 bridgehead atoms. The molecule has 0 radical (unpaired) electrons. The number of hydrogen-bond acceptors (Lipinski definition) is 2. The van der Waals surface area contributed by atoms with Crippen molar-refractivity contribution in [2.24, 2.45) is 0 Å². The smallest absolute Gasteiger partial charge is 0.123 e. The molecule has 0 aliphatic rings. The molecular formula is C9H11N3. The Morgan fingerprint density at radius 3 is 2.58 bits per heavy atom. The van der Waals surface area contributed by atoms with Crippen molar-refractivity contribution in [1.82, 2.24) is 14.8 Å². The molecule has 1 aromatic heterocycles. The number of rotatable bonds is 3. The average Bonchev–Trinajstić information content (AvgIpc) is 2.59. The third kappa shape index (κ3) is 1.92. The van der Waals surface area contributed by atoms with E-state index >= 15 is 0 Å². The minimum Gasteiger partial charge on any atom is -0.289 e. The Kier molecular flexibility index (Phi) is 3.02. The van der Waals surface area contributed by atoms with Gasteiger partial charge in [0.2, 0.25) is 0 Å². The highest BCUT2D eigenvalue weighted by Gasteiger charge is 1.91. The zero-order valence-corrected chi connectivity index (χ0v) is 7.01. The molecule has 1 heterocycles. The summed E-state index contributed by atoms with van der Waals surface area (Å²) in [6.07, 6.45) is 10.8. The van der Waals surface area contributed by atoms with E-state index in [0.29, 0.717) is 0 Å². The van der Waals surface area contributed by atoms with E-state index < -0.39 is 0 Å². The summed E-state index contributed by atoms with van der Waals surface area (Å²) >= 11 is 0. The summed E-state index contributed by atoms with van der Waals surface area (Å²) in [4.78, 5) is 0. The van der Waals surface area contributed by atoms with Gasteiger partial charge in [-0.05, 0) is 13.0 Å². The second-order valence-corrected chi connectivity index (χ2v) is 2.18. The molecule has 1 aromatic rings. The maximum Gasteiger partial charge on any atom is 0.123 e. The zero-order valence-electron chi connectivity index (χ0n) is 7.01. The summed E-state index contributed by atoms with van der Waals surface area (Å²) in [5.41, 5.74) is 1.03. The van der Waals surface area contributed by atoms with E-state index in [1.54, 1.807) is 18.7 Å². The lowest BCUT2D eigenvalue weighted by Crippen LogP contribution is -1.88. The second kappa shape index (κ2) is 4.28. The molecule has 0 fully saturated rings. The van der Waals surface area contributed by atoms with Crippen LogP contribution in [0.3, 0.4) is 0 Å². The van der Waals surface area contributed by atoms with Crippen LogP contribution in [0, 0.1) is 0 Å². The van der Waals surface area contributed by atoms with Crippen molar-refractivity contribution in [2.75, 3.05) is 0 Å². The van der Waals surface area contributed by atoms with Gasteiger partial charge in [0, 0.05) is 5.70 Å². The molecule has 0 N–H and O–H groups in total. The Bertz CT molecular complexity index is 294. The SMILES string of the molecule is C=C/C=C\C(=C/C)n1cnnc1. The number of allylic oxidation sites excluding steroid dienone is 5. The molecule has 12 heavy (non-hydrogen) atoms. The third-order valence-electron chi connectivity index (χ3n) is 1.42. The number of nitrogens with zero attached hydrogens (tertiary/aromatic N) is 3. The van der Waals surface area contributed by atoms with Crippen LogP contribution in [0.4, 0.5) is 0 Å². The van der Waals surface area contributed by atoms with Crippen molar-refractivity contribution < 1.29 is 0 Å². The molecule has 3 nitrogen and oxygen atoms in total.